The van der Waals surface area contributed by atoms with Gasteiger partial charge in [-0.15, -0.1) is 0 Å². The standard InChI is InChI=1S/C16H12N2O3/c17-9-12-4-1-2-6-13(12)18-15(19)8-11-5-3-7-14-16(11)21-10-20-14/h1-7H,8,10H2,(H,18,19). The molecule has 0 radical (unpaired) electrons. The fourth-order valence-electron chi connectivity index (χ4n) is 2.19. The van der Waals surface area contributed by atoms with Crippen molar-refractivity contribution in [3.63, 3.8) is 0 Å². The van der Waals surface area contributed by atoms with Crippen LogP contribution in [-0.4, -0.2) is 12.7 Å². The molecule has 104 valence electrons. The summed E-state index contributed by atoms with van der Waals surface area (Å²) in [5.74, 6) is 1.06. The Bertz CT molecular complexity index is 735. The summed E-state index contributed by atoms with van der Waals surface area (Å²) in [5.41, 5.74) is 1.70. The van der Waals surface area contributed by atoms with Gasteiger partial charge in [-0.05, 0) is 18.2 Å². The highest BCUT2D eigenvalue weighted by atomic mass is 16.7. The number of para-hydroxylation sites is 2. The number of hydrogen-bond donors (Lipinski definition) is 1. The lowest BCUT2D eigenvalue weighted by molar-refractivity contribution is -0.115. The number of nitrogens with one attached hydrogen (secondary N) is 1. The molecule has 2 aromatic rings. The summed E-state index contributed by atoms with van der Waals surface area (Å²) in [6.07, 6.45) is 0.159. The van der Waals surface area contributed by atoms with Crippen LogP contribution in [0.4, 0.5) is 5.69 Å². The van der Waals surface area contributed by atoms with Gasteiger partial charge >= 0.3 is 0 Å². The van der Waals surface area contributed by atoms with Gasteiger partial charge in [-0.25, -0.2) is 0 Å². The highest BCUT2D eigenvalue weighted by Crippen LogP contribution is 2.35. The molecule has 5 heteroatoms. The normalized spacial score (nSPS) is 11.8. The SMILES string of the molecule is N#Cc1ccccc1NC(=O)Cc1cccc2c1OCO2. The van der Waals surface area contributed by atoms with E-state index in [0.29, 0.717) is 22.7 Å². The number of carbonyl (C=O) groups is 1. The lowest BCUT2D eigenvalue weighted by Crippen LogP contribution is -2.15. The molecule has 0 bridgehead atoms. The fraction of sp³-hybridized carbons (Fsp3) is 0.125. The van der Waals surface area contributed by atoms with Crippen LogP contribution in [0.3, 0.4) is 0 Å². The Morgan fingerprint density at radius 1 is 1.19 bits per heavy atom. The van der Waals surface area contributed by atoms with Crippen LogP contribution in [0.1, 0.15) is 11.1 Å². The molecular formula is C16H12N2O3. The number of rotatable bonds is 3. The van der Waals surface area contributed by atoms with Crippen molar-refractivity contribution in [2.45, 2.75) is 6.42 Å². The molecule has 0 aromatic heterocycles. The third-order valence-corrected chi connectivity index (χ3v) is 3.15. The molecule has 0 aliphatic carbocycles. The molecule has 1 N–H and O–H groups in total. The van der Waals surface area contributed by atoms with Crippen LogP contribution in [0, 0.1) is 11.3 Å². The zero-order chi connectivity index (χ0) is 14.7. The molecule has 21 heavy (non-hydrogen) atoms. The molecule has 1 aliphatic rings. The van der Waals surface area contributed by atoms with Crippen LogP contribution in [0.25, 0.3) is 0 Å². The van der Waals surface area contributed by atoms with E-state index in [2.05, 4.69) is 5.32 Å². The molecule has 1 amide bonds. The summed E-state index contributed by atoms with van der Waals surface area (Å²) in [6, 6.07) is 14.4. The summed E-state index contributed by atoms with van der Waals surface area (Å²) >= 11 is 0. The third kappa shape index (κ3) is 2.65. The molecule has 3 rings (SSSR count). The molecule has 0 saturated heterocycles. The van der Waals surface area contributed by atoms with Gasteiger partial charge in [0.05, 0.1) is 17.7 Å². The quantitative estimate of drug-likeness (QED) is 0.937. The number of amides is 1. The van der Waals surface area contributed by atoms with Crippen molar-refractivity contribution in [3.8, 4) is 17.6 Å². The topological polar surface area (TPSA) is 71.4 Å². The third-order valence-electron chi connectivity index (χ3n) is 3.15. The second kappa shape index (κ2) is 5.55. The van der Waals surface area contributed by atoms with Crippen molar-refractivity contribution in [3.05, 3.63) is 53.6 Å². The van der Waals surface area contributed by atoms with Crippen LogP contribution >= 0.6 is 0 Å². The molecule has 1 aliphatic heterocycles. The Morgan fingerprint density at radius 2 is 2.05 bits per heavy atom. The van der Waals surface area contributed by atoms with Gasteiger partial charge in [0, 0.05) is 5.56 Å². The van der Waals surface area contributed by atoms with Crippen molar-refractivity contribution in [1.82, 2.24) is 0 Å². The average molecular weight is 280 g/mol. The molecule has 1 heterocycles. The maximum atomic E-state index is 12.1. The molecule has 0 unspecified atom stereocenters. The Morgan fingerprint density at radius 3 is 2.90 bits per heavy atom. The summed E-state index contributed by atoms with van der Waals surface area (Å²) in [6.45, 7) is 0.172. The number of nitrogens with zero attached hydrogens (tertiary/aromatic N) is 1. The van der Waals surface area contributed by atoms with Gasteiger partial charge in [0.2, 0.25) is 12.7 Å². The van der Waals surface area contributed by atoms with Gasteiger partial charge in [0.25, 0.3) is 0 Å². The average Bonchev–Trinajstić information content (AvgIpc) is 2.97. The smallest absolute Gasteiger partial charge is 0.231 e. The highest BCUT2D eigenvalue weighted by molar-refractivity contribution is 5.94. The Labute approximate surface area is 121 Å². The minimum atomic E-state index is -0.207. The summed E-state index contributed by atoms with van der Waals surface area (Å²) in [7, 11) is 0. The number of benzene rings is 2. The van der Waals surface area contributed by atoms with Crippen LogP contribution in [0.15, 0.2) is 42.5 Å². The van der Waals surface area contributed by atoms with E-state index in [-0.39, 0.29) is 19.1 Å². The van der Waals surface area contributed by atoms with E-state index < -0.39 is 0 Å². The lowest BCUT2D eigenvalue weighted by atomic mass is 10.1. The number of carbonyl (C=O) groups excluding carboxylic acids is 1. The Kier molecular flexibility index (Phi) is 3.44. The molecule has 0 spiro atoms. The number of ether oxygens (including phenoxy) is 2. The van der Waals surface area contributed by atoms with Crippen molar-refractivity contribution in [1.29, 1.82) is 5.26 Å². The summed E-state index contributed by atoms with van der Waals surface area (Å²) in [4.78, 5) is 12.1. The van der Waals surface area contributed by atoms with E-state index in [1.807, 2.05) is 18.2 Å². The zero-order valence-electron chi connectivity index (χ0n) is 11.1. The van der Waals surface area contributed by atoms with E-state index in [0.717, 1.165) is 5.56 Å². The number of fused-ring (bicyclic) bond motifs is 1. The first kappa shape index (κ1) is 13.0. The lowest BCUT2D eigenvalue weighted by Gasteiger charge is -2.08. The molecule has 0 atom stereocenters. The molecule has 0 saturated carbocycles. The van der Waals surface area contributed by atoms with Crippen LogP contribution in [0.2, 0.25) is 0 Å². The number of nitriles is 1. The predicted molar refractivity (Wildman–Crippen MR) is 76.1 cm³/mol. The first-order valence-corrected chi connectivity index (χ1v) is 6.44. The van der Waals surface area contributed by atoms with Crippen molar-refractivity contribution in [2.24, 2.45) is 0 Å². The Balaban J connectivity index is 1.76. The van der Waals surface area contributed by atoms with E-state index in [9.17, 15) is 4.79 Å². The predicted octanol–water partition coefficient (Wildman–Crippen LogP) is 2.47. The Hall–Kier alpha value is -3.00. The maximum Gasteiger partial charge on any atom is 0.231 e. The fourth-order valence-corrected chi connectivity index (χ4v) is 2.19. The van der Waals surface area contributed by atoms with Gasteiger partial charge in [0.15, 0.2) is 11.5 Å². The summed E-state index contributed by atoms with van der Waals surface area (Å²) < 4.78 is 10.6. The van der Waals surface area contributed by atoms with Gasteiger partial charge in [-0.1, -0.05) is 24.3 Å². The van der Waals surface area contributed by atoms with E-state index in [1.54, 1.807) is 30.3 Å². The molecule has 0 fully saturated rings. The molecule has 5 nitrogen and oxygen atoms in total. The van der Waals surface area contributed by atoms with Gasteiger partial charge in [-0.3, -0.25) is 4.79 Å². The first-order valence-electron chi connectivity index (χ1n) is 6.44. The van der Waals surface area contributed by atoms with Gasteiger partial charge in [0.1, 0.15) is 6.07 Å². The minimum absolute atomic E-state index is 0.159. The van der Waals surface area contributed by atoms with Crippen LogP contribution in [-0.2, 0) is 11.2 Å². The van der Waals surface area contributed by atoms with E-state index >= 15 is 0 Å². The number of anilines is 1. The highest BCUT2D eigenvalue weighted by Gasteiger charge is 2.19. The zero-order valence-corrected chi connectivity index (χ0v) is 11.1. The van der Waals surface area contributed by atoms with Crippen LogP contribution < -0.4 is 14.8 Å². The number of hydrogen-bond acceptors (Lipinski definition) is 4. The van der Waals surface area contributed by atoms with Crippen molar-refractivity contribution >= 4 is 11.6 Å². The van der Waals surface area contributed by atoms with Crippen molar-refractivity contribution in [2.75, 3.05) is 12.1 Å². The second-order valence-electron chi connectivity index (χ2n) is 4.53. The summed E-state index contributed by atoms with van der Waals surface area (Å²) in [5, 5.41) is 11.8. The van der Waals surface area contributed by atoms with Gasteiger partial charge < -0.3 is 14.8 Å². The molecular weight excluding hydrogens is 268 g/mol. The van der Waals surface area contributed by atoms with Crippen molar-refractivity contribution < 1.29 is 14.3 Å². The van der Waals surface area contributed by atoms with E-state index in [1.165, 1.54) is 0 Å². The second-order valence-corrected chi connectivity index (χ2v) is 4.53. The van der Waals surface area contributed by atoms with Crippen LogP contribution in [0.5, 0.6) is 11.5 Å². The molecule has 2 aromatic carbocycles. The monoisotopic (exact) mass is 280 g/mol. The minimum Gasteiger partial charge on any atom is -0.454 e. The maximum absolute atomic E-state index is 12.1. The van der Waals surface area contributed by atoms with Gasteiger partial charge in [-0.2, -0.15) is 5.26 Å². The van der Waals surface area contributed by atoms with E-state index in [4.69, 9.17) is 14.7 Å². The first-order chi connectivity index (χ1) is 10.3. The largest absolute Gasteiger partial charge is 0.454 e.